The molecule has 5 atom stereocenters. The van der Waals surface area contributed by atoms with Crippen molar-refractivity contribution in [1.29, 1.82) is 0 Å². The van der Waals surface area contributed by atoms with Gasteiger partial charge in [0.25, 0.3) is 0 Å². The minimum atomic E-state index is -1.10. The number of esters is 1. The van der Waals surface area contributed by atoms with E-state index in [0.29, 0.717) is 31.4 Å². The summed E-state index contributed by atoms with van der Waals surface area (Å²) >= 11 is 0. The number of likely N-dealkylation sites (tertiary alicyclic amines) is 1. The number of aliphatic hydroxyl groups is 1. The number of ether oxygens (including phenoxy) is 2. The third kappa shape index (κ3) is 3.53. The molecule has 2 bridgehead atoms. The lowest BCUT2D eigenvalue weighted by Crippen LogP contribution is -2.53. The van der Waals surface area contributed by atoms with E-state index in [1.807, 2.05) is 49.4 Å². The lowest BCUT2D eigenvalue weighted by atomic mass is 9.65. The number of aliphatic hydroxyl groups excluding tert-OH is 1. The molecule has 35 heavy (non-hydrogen) atoms. The predicted molar refractivity (Wildman–Crippen MR) is 129 cm³/mol. The van der Waals surface area contributed by atoms with Crippen LogP contribution < -0.4 is 5.32 Å². The minimum Gasteiger partial charge on any atom is -0.466 e. The standard InChI is InChI=1S/C27H32N2O6/c1-3-26-12-13-27(35-26)20(21(26)25(33)34-4-2)24(32)29(14-7-15-30)22(27)23(31)28-19-11-10-17-8-5-6-9-18(17)16-19/h5-6,8-11,16,20-22,30H,3-4,7,12-15H2,1-2H3,(H,28,31)/t20-,21-,22?,26+,27?/m0/s1. The molecule has 8 heteroatoms. The molecule has 5 rings (SSSR count). The maximum atomic E-state index is 13.8. The van der Waals surface area contributed by atoms with Gasteiger partial charge in [0.2, 0.25) is 11.8 Å². The smallest absolute Gasteiger partial charge is 0.312 e. The van der Waals surface area contributed by atoms with Crippen LogP contribution in [0.15, 0.2) is 42.5 Å². The average Bonchev–Trinajstić information content (AvgIpc) is 3.46. The summed E-state index contributed by atoms with van der Waals surface area (Å²) in [6.45, 7) is 4.00. The molecular weight excluding hydrogens is 448 g/mol. The van der Waals surface area contributed by atoms with E-state index >= 15 is 0 Å². The van der Waals surface area contributed by atoms with E-state index in [0.717, 1.165) is 10.8 Å². The first-order valence-corrected chi connectivity index (χ1v) is 12.5. The largest absolute Gasteiger partial charge is 0.466 e. The summed E-state index contributed by atoms with van der Waals surface area (Å²) in [6, 6.07) is 12.7. The van der Waals surface area contributed by atoms with Gasteiger partial charge in [-0.15, -0.1) is 0 Å². The van der Waals surface area contributed by atoms with Crippen molar-refractivity contribution in [2.45, 2.75) is 56.8 Å². The van der Waals surface area contributed by atoms with Crippen LogP contribution in [-0.4, -0.2) is 64.8 Å². The van der Waals surface area contributed by atoms with E-state index < -0.39 is 35.0 Å². The van der Waals surface area contributed by atoms with Gasteiger partial charge in [-0.3, -0.25) is 14.4 Å². The summed E-state index contributed by atoms with van der Waals surface area (Å²) in [6.07, 6.45) is 1.98. The predicted octanol–water partition coefficient (Wildman–Crippen LogP) is 2.88. The Bertz CT molecular complexity index is 1170. The maximum Gasteiger partial charge on any atom is 0.312 e. The molecular formula is C27H32N2O6. The number of carbonyl (C=O) groups is 3. The van der Waals surface area contributed by atoms with Crippen molar-refractivity contribution in [1.82, 2.24) is 4.90 Å². The lowest BCUT2D eigenvalue weighted by molar-refractivity contribution is -0.160. The number of carbonyl (C=O) groups excluding carboxylic acids is 3. The van der Waals surface area contributed by atoms with Gasteiger partial charge in [-0.05, 0) is 55.5 Å². The second-order valence-electron chi connectivity index (χ2n) is 9.75. The molecule has 2 aromatic carbocycles. The van der Waals surface area contributed by atoms with Crippen LogP contribution in [0.2, 0.25) is 0 Å². The Morgan fingerprint density at radius 1 is 1.17 bits per heavy atom. The molecule has 2 aromatic rings. The number of fused-ring (bicyclic) bond motifs is 2. The molecule has 3 saturated heterocycles. The van der Waals surface area contributed by atoms with Crippen molar-refractivity contribution in [3.63, 3.8) is 0 Å². The number of amides is 2. The van der Waals surface area contributed by atoms with E-state index in [1.54, 1.807) is 6.92 Å². The van der Waals surface area contributed by atoms with E-state index in [1.165, 1.54) is 4.90 Å². The summed E-state index contributed by atoms with van der Waals surface area (Å²) in [4.78, 5) is 42.2. The van der Waals surface area contributed by atoms with E-state index in [4.69, 9.17) is 9.47 Å². The monoisotopic (exact) mass is 480 g/mol. The molecule has 186 valence electrons. The number of nitrogens with one attached hydrogen (secondary N) is 1. The highest BCUT2D eigenvalue weighted by Crippen LogP contribution is 2.64. The van der Waals surface area contributed by atoms with E-state index in [-0.39, 0.29) is 31.6 Å². The summed E-state index contributed by atoms with van der Waals surface area (Å²) in [5.74, 6) is -2.58. The molecule has 0 aliphatic carbocycles. The Kier molecular flexibility index (Phi) is 6.05. The highest BCUT2D eigenvalue weighted by Gasteiger charge is 2.78. The van der Waals surface area contributed by atoms with Crippen LogP contribution in [0.25, 0.3) is 10.8 Å². The Morgan fingerprint density at radius 2 is 1.94 bits per heavy atom. The molecule has 0 radical (unpaired) electrons. The number of rotatable bonds is 8. The quantitative estimate of drug-likeness (QED) is 0.563. The zero-order valence-electron chi connectivity index (χ0n) is 20.2. The molecule has 2 unspecified atom stereocenters. The van der Waals surface area contributed by atoms with Crippen molar-refractivity contribution in [2.24, 2.45) is 11.8 Å². The molecule has 2 N–H and O–H groups in total. The first-order valence-electron chi connectivity index (χ1n) is 12.5. The highest BCUT2D eigenvalue weighted by atomic mass is 16.6. The molecule has 2 amide bonds. The van der Waals surface area contributed by atoms with Crippen molar-refractivity contribution >= 4 is 34.2 Å². The first-order chi connectivity index (χ1) is 16.9. The van der Waals surface area contributed by atoms with Crippen LogP contribution in [0.1, 0.15) is 39.5 Å². The fourth-order valence-electron chi connectivity index (χ4n) is 6.57. The molecule has 8 nitrogen and oxygen atoms in total. The number of anilines is 1. The summed E-state index contributed by atoms with van der Waals surface area (Å²) in [5.41, 5.74) is -1.28. The molecule has 1 spiro atoms. The van der Waals surface area contributed by atoms with Gasteiger partial charge in [-0.25, -0.2) is 0 Å². The van der Waals surface area contributed by atoms with Gasteiger partial charge >= 0.3 is 5.97 Å². The van der Waals surface area contributed by atoms with E-state index in [2.05, 4.69) is 5.32 Å². The normalized spacial score (nSPS) is 31.1. The molecule has 3 aliphatic heterocycles. The van der Waals surface area contributed by atoms with Crippen molar-refractivity contribution in [3.8, 4) is 0 Å². The van der Waals surface area contributed by atoms with Crippen LogP contribution in [-0.2, 0) is 23.9 Å². The fourth-order valence-corrected chi connectivity index (χ4v) is 6.57. The highest BCUT2D eigenvalue weighted by molar-refractivity contribution is 6.04. The molecule has 3 heterocycles. The Hall–Kier alpha value is -2.97. The fraction of sp³-hybridized carbons (Fsp3) is 0.519. The van der Waals surface area contributed by atoms with Gasteiger partial charge in [0, 0.05) is 18.8 Å². The lowest BCUT2D eigenvalue weighted by Gasteiger charge is -2.33. The topological polar surface area (TPSA) is 105 Å². The second kappa shape index (κ2) is 8.91. The number of nitrogens with zero attached hydrogens (tertiary/aromatic N) is 1. The van der Waals surface area contributed by atoms with Gasteiger partial charge in [-0.1, -0.05) is 37.3 Å². The minimum absolute atomic E-state index is 0.110. The maximum absolute atomic E-state index is 13.8. The Labute approximate surface area is 204 Å². The van der Waals surface area contributed by atoms with Crippen molar-refractivity contribution in [2.75, 3.05) is 25.1 Å². The van der Waals surface area contributed by atoms with Crippen molar-refractivity contribution in [3.05, 3.63) is 42.5 Å². The Balaban J connectivity index is 1.52. The zero-order chi connectivity index (χ0) is 24.8. The number of hydrogen-bond donors (Lipinski definition) is 2. The van der Waals surface area contributed by atoms with Gasteiger partial charge in [-0.2, -0.15) is 0 Å². The number of hydrogen-bond acceptors (Lipinski definition) is 6. The van der Waals surface area contributed by atoms with Gasteiger partial charge in [0.05, 0.1) is 18.1 Å². The third-order valence-electron chi connectivity index (χ3n) is 8.04. The van der Waals surface area contributed by atoms with Crippen LogP contribution in [0.5, 0.6) is 0 Å². The first kappa shape index (κ1) is 23.8. The molecule has 3 fully saturated rings. The molecule has 0 aromatic heterocycles. The Morgan fingerprint density at radius 3 is 2.66 bits per heavy atom. The van der Waals surface area contributed by atoms with E-state index in [9.17, 15) is 19.5 Å². The summed E-state index contributed by atoms with van der Waals surface area (Å²) in [7, 11) is 0. The average molecular weight is 481 g/mol. The summed E-state index contributed by atoms with van der Waals surface area (Å²) < 4.78 is 12.0. The number of benzene rings is 2. The van der Waals surface area contributed by atoms with Gasteiger partial charge < -0.3 is 24.8 Å². The van der Waals surface area contributed by atoms with Gasteiger partial charge in [0.1, 0.15) is 17.6 Å². The van der Waals surface area contributed by atoms with Crippen LogP contribution >= 0.6 is 0 Å². The van der Waals surface area contributed by atoms with Gasteiger partial charge in [0.15, 0.2) is 0 Å². The van der Waals surface area contributed by atoms with Crippen LogP contribution in [0, 0.1) is 11.8 Å². The molecule has 0 saturated carbocycles. The third-order valence-corrected chi connectivity index (χ3v) is 8.04. The second-order valence-corrected chi connectivity index (χ2v) is 9.75. The SMILES string of the molecule is CCOC(=O)[C@@H]1[C@H]2C(=O)N(CCCO)C(C(=O)Nc3ccc4ccccc4c3)C23CC[C@@]1(CC)O3. The van der Waals surface area contributed by atoms with Crippen LogP contribution in [0.4, 0.5) is 5.69 Å². The van der Waals surface area contributed by atoms with Crippen LogP contribution in [0.3, 0.4) is 0 Å². The summed E-state index contributed by atoms with van der Waals surface area (Å²) in [5, 5.41) is 14.5. The van der Waals surface area contributed by atoms with Crippen molar-refractivity contribution < 1.29 is 29.0 Å². The zero-order valence-corrected chi connectivity index (χ0v) is 20.2. The molecule has 3 aliphatic rings.